The number of carboxylic acids is 1. The van der Waals surface area contributed by atoms with Crippen LogP contribution in [-0.4, -0.2) is 42.3 Å². The van der Waals surface area contributed by atoms with Crippen molar-refractivity contribution in [1.29, 1.82) is 0 Å². The van der Waals surface area contributed by atoms with Gasteiger partial charge in [-0.2, -0.15) is 13.2 Å². The largest absolute Gasteiger partial charge is 0.481 e. The number of halogens is 4. The Kier molecular flexibility index (Phi) is 4.29. The highest BCUT2D eigenvalue weighted by Gasteiger charge is 2.53. The van der Waals surface area contributed by atoms with E-state index in [-0.39, 0.29) is 24.6 Å². The van der Waals surface area contributed by atoms with Gasteiger partial charge in [-0.15, -0.1) is 0 Å². The van der Waals surface area contributed by atoms with E-state index < -0.39 is 28.9 Å². The smallest absolute Gasteiger partial charge is 0.416 e. The van der Waals surface area contributed by atoms with E-state index in [0.717, 1.165) is 12.1 Å². The maximum Gasteiger partial charge on any atom is 0.416 e. The number of hydrogen-bond donors (Lipinski definition) is 1. The quantitative estimate of drug-likeness (QED) is 0.855. The van der Waals surface area contributed by atoms with Crippen LogP contribution < -0.4 is 0 Å². The number of alkyl halides is 3. The molecule has 3 rings (SSSR count). The molecule has 0 unspecified atom stereocenters. The van der Waals surface area contributed by atoms with Gasteiger partial charge >= 0.3 is 12.1 Å². The van der Waals surface area contributed by atoms with Crippen molar-refractivity contribution in [3.63, 3.8) is 0 Å². The van der Waals surface area contributed by atoms with Crippen molar-refractivity contribution in [2.75, 3.05) is 26.3 Å². The molecule has 0 saturated carbocycles. The molecule has 2 saturated heterocycles. The molecule has 1 N–H and O–H groups in total. The van der Waals surface area contributed by atoms with Crippen LogP contribution in [0.15, 0.2) is 18.2 Å². The van der Waals surface area contributed by atoms with Gasteiger partial charge in [-0.3, -0.25) is 9.69 Å². The number of fused-ring (bicyclic) bond motifs is 1. The van der Waals surface area contributed by atoms with Crippen molar-refractivity contribution in [3.8, 4) is 0 Å². The highest BCUT2D eigenvalue weighted by atomic mass is 19.4. The number of aliphatic carboxylic acids is 1. The molecule has 0 bridgehead atoms. The van der Waals surface area contributed by atoms with Gasteiger partial charge in [-0.25, -0.2) is 4.39 Å². The van der Waals surface area contributed by atoms with Crippen LogP contribution in [0.25, 0.3) is 0 Å². The standard InChI is InChI=1S/C16H17F4NO3/c17-13-2-1-11(16(18,19)20)5-10(13)6-21-7-12-8-24-4-3-15(12,9-21)14(22)23/h1-2,5,12H,3-4,6-9H2,(H,22,23)/t12-,15+/m1/s1. The zero-order chi connectivity index (χ0) is 17.5. The highest BCUT2D eigenvalue weighted by Crippen LogP contribution is 2.43. The van der Waals surface area contributed by atoms with Gasteiger partial charge in [0.25, 0.3) is 0 Å². The molecule has 2 aliphatic rings. The number of nitrogens with zero attached hydrogens (tertiary/aromatic N) is 1. The van der Waals surface area contributed by atoms with E-state index in [1.807, 2.05) is 0 Å². The fourth-order valence-electron chi connectivity index (χ4n) is 3.64. The van der Waals surface area contributed by atoms with E-state index in [4.69, 9.17) is 4.74 Å². The Labute approximate surface area is 136 Å². The molecule has 0 aliphatic carbocycles. The number of hydrogen-bond acceptors (Lipinski definition) is 3. The predicted octanol–water partition coefficient (Wildman–Crippen LogP) is 2.77. The Balaban J connectivity index is 1.81. The first kappa shape index (κ1) is 17.2. The molecule has 2 aliphatic heterocycles. The molecule has 4 nitrogen and oxygen atoms in total. The lowest BCUT2D eigenvalue weighted by Crippen LogP contribution is -2.44. The fraction of sp³-hybridized carbons (Fsp3) is 0.562. The summed E-state index contributed by atoms with van der Waals surface area (Å²) in [6, 6.07) is 2.30. The van der Waals surface area contributed by atoms with Crippen molar-refractivity contribution in [1.82, 2.24) is 4.90 Å². The fourth-order valence-corrected chi connectivity index (χ4v) is 3.64. The molecular weight excluding hydrogens is 330 g/mol. The summed E-state index contributed by atoms with van der Waals surface area (Å²) in [4.78, 5) is 13.4. The van der Waals surface area contributed by atoms with Gasteiger partial charge in [-0.05, 0) is 24.6 Å². The van der Waals surface area contributed by atoms with Crippen LogP contribution in [0.1, 0.15) is 17.5 Å². The molecule has 0 spiro atoms. The van der Waals surface area contributed by atoms with E-state index in [2.05, 4.69) is 0 Å². The lowest BCUT2D eigenvalue weighted by atomic mass is 9.74. The molecule has 1 aromatic carbocycles. The summed E-state index contributed by atoms with van der Waals surface area (Å²) in [5.41, 5.74) is -1.95. The first-order valence-electron chi connectivity index (χ1n) is 7.61. The second-order valence-electron chi connectivity index (χ2n) is 6.46. The number of ether oxygens (including phenoxy) is 1. The summed E-state index contributed by atoms with van der Waals surface area (Å²) in [5.74, 6) is -1.89. The number of carbonyl (C=O) groups is 1. The Morgan fingerprint density at radius 3 is 2.79 bits per heavy atom. The molecule has 0 aromatic heterocycles. The van der Waals surface area contributed by atoms with Crippen molar-refractivity contribution in [3.05, 3.63) is 35.1 Å². The normalized spacial score (nSPS) is 27.9. The lowest BCUT2D eigenvalue weighted by Gasteiger charge is -2.34. The zero-order valence-corrected chi connectivity index (χ0v) is 12.8. The maximum atomic E-state index is 13.9. The van der Waals surface area contributed by atoms with Crippen LogP contribution in [0, 0.1) is 17.2 Å². The third-order valence-electron chi connectivity index (χ3n) is 4.97. The lowest BCUT2D eigenvalue weighted by molar-refractivity contribution is -0.157. The Bertz CT molecular complexity index is 649. The van der Waals surface area contributed by atoms with Crippen LogP contribution in [0.4, 0.5) is 17.6 Å². The Morgan fingerprint density at radius 2 is 2.17 bits per heavy atom. The third-order valence-corrected chi connectivity index (χ3v) is 4.97. The molecule has 132 valence electrons. The maximum absolute atomic E-state index is 13.9. The average Bonchev–Trinajstić information content (AvgIpc) is 2.87. The Hall–Kier alpha value is -1.67. The Morgan fingerprint density at radius 1 is 1.42 bits per heavy atom. The van der Waals surface area contributed by atoms with E-state index in [1.165, 1.54) is 0 Å². The van der Waals surface area contributed by atoms with Crippen LogP contribution in [0.2, 0.25) is 0 Å². The summed E-state index contributed by atoms with van der Waals surface area (Å²) in [7, 11) is 0. The van der Waals surface area contributed by atoms with Crippen molar-refractivity contribution in [2.45, 2.75) is 19.1 Å². The zero-order valence-electron chi connectivity index (χ0n) is 12.8. The average molecular weight is 347 g/mol. The van der Waals surface area contributed by atoms with Gasteiger partial charge in [0.1, 0.15) is 5.82 Å². The molecule has 0 radical (unpaired) electrons. The molecule has 2 fully saturated rings. The van der Waals surface area contributed by atoms with E-state index in [9.17, 15) is 27.5 Å². The second kappa shape index (κ2) is 6.00. The predicted molar refractivity (Wildman–Crippen MR) is 75.7 cm³/mol. The molecule has 2 heterocycles. The summed E-state index contributed by atoms with van der Waals surface area (Å²) in [6.45, 7) is 1.14. The topological polar surface area (TPSA) is 49.8 Å². The number of benzene rings is 1. The van der Waals surface area contributed by atoms with Gasteiger partial charge in [0.05, 0.1) is 17.6 Å². The van der Waals surface area contributed by atoms with Crippen LogP contribution in [0.3, 0.4) is 0 Å². The minimum atomic E-state index is -4.54. The van der Waals surface area contributed by atoms with Gasteiger partial charge in [0.15, 0.2) is 0 Å². The molecule has 0 amide bonds. The van der Waals surface area contributed by atoms with Crippen molar-refractivity contribution >= 4 is 5.97 Å². The summed E-state index contributed by atoms with van der Waals surface area (Å²) >= 11 is 0. The van der Waals surface area contributed by atoms with Gasteiger partial charge in [0.2, 0.25) is 0 Å². The SMILES string of the molecule is O=C(O)[C@]12CCOC[C@H]1CN(Cc1cc(C(F)(F)F)ccc1F)C2. The number of carboxylic acid groups (broad SMARTS) is 1. The van der Waals surface area contributed by atoms with E-state index in [1.54, 1.807) is 4.90 Å². The van der Waals surface area contributed by atoms with E-state index in [0.29, 0.717) is 32.2 Å². The van der Waals surface area contributed by atoms with Gasteiger partial charge in [-0.1, -0.05) is 0 Å². The van der Waals surface area contributed by atoms with Crippen LogP contribution in [-0.2, 0) is 22.3 Å². The van der Waals surface area contributed by atoms with Crippen molar-refractivity contribution in [2.24, 2.45) is 11.3 Å². The first-order chi connectivity index (χ1) is 11.2. The third kappa shape index (κ3) is 3.00. The van der Waals surface area contributed by atoms with Gasteiger partial charge < -0.3 is 9.84 Å². The van der Waals surface area contributed by atoms with E-state index >= 15 is 0 Å². The first-order valence-corrected chi connectivity index (χ1v) is 7.61. The minimum absolute atomic E-state index is 0.0543. The summed E-state index contributed by atoms with van der Waals surface area (Å²) < 4.78 is 57.6. The number of likely N-dealkylation sites (tertiary alicyclic amines) is 1. The summed E-state index contributed by atoms with van der Waals surface area (Å²) in [6.07, 6.45) is -4.19. The molecule has 8 heteroatoms. The number of rotatable bonds is 3. The molecule has 24 heavy (non-hydrogen) atoms. The molecule has 1 aromatic rings. The summed E-state index contributed by atoms with van der Waals surface area (Å²) in [5, 5.41) is 9.58. The van der Waals surface area contributed by atoms with Crippen molar-refractivity contribution < 1.29 is 32.2 Å². The van der Waals surface area contributed by atoms with Crippen LogP contribution in [0.5, 0.6) is 0 Å². The highest BCUT2D eigenvalue weighted by molar-refractivity contribution is 5.76. The molecule has 2 atom stereocenters. The van der Waals surface area contributed by atoms with Crippen LogP contribution >= 0.6 is 0 Å². The monoisotopic (exact) mass is 347 g/mol. The minimum Gasteiger partial charge on any atom is -0.481 e. The molecular formula is C16H17F4NO3. The van der Waals surface area contributed by atoms with Gasteiger partial charge in [0, 0.05) is 37.7 Å². The second-order valence-corrected chi connectivity index (χ2v) is 6.46.